The fourth-order valence-corrected chi connectivity index (χ4v) is 6.73. The summed E-state index contributed by atoms with van der Waals surface area (Å²) in [6.07, 6.45) is 4.94. The first-order valence-corrected chi connectivity index (χ1v) is 15.4. The van der Waals surface area contributed by atoms with Crippen LogP contribution in [-0.2, 0) is 22.7 Å². The normalized spacial score (nSPS) is 12.8. The van der Waals surface area contributed by atoms with Crippen LogP contribution in [0, 0.1) is 11.6 Å². The highest BCUT2D eigenvalue weighted by molar-refractivity contribution is 7.22. The number of thiophene rings is 1. The molecular formula is C33H29F2N7O5S. The van der Waals surface area contributed by atoms with Crippen LogP contribution in [0.15, 0.2) is 82.7 Å². The molecule has 1 aliphatic heterocycles. The summed E-state index contributed by atoms with van der Waals surface area (Å²) >= 11 is 1.14. The molecule has 0 bridgehead atoms. The number of pyridine rings is 1. The summed E-state index contributed by atoms with van der Waals surface area (Å²) in [5.41, 5.74) is 2.50. The number of carbonyl (C=O) groups excluding carboxylic acids is 2. The van der Waals surface area contributed by atoms with Gasteiger partial charge in [-0.15, -0.1) is 11.3 Å². The molecule has 246 valence electrons. The molecule has 2 N–H and O–H groups in total. The molecule has 15 heteroatoms. The van der Waals surface area contributed by atoms with Crippen molar-refractivity contribution < 1.29 is 23.2 Å². The Morgan fingerprint density at radius 3 is 2.35 bits per heavy atom. The summed E-state index contributed by atoms with van der Waals surface area (Å²) < 4.78 is 32.0. The smallest absolute Gasteiger partial charge is 0.306 e. The van der Waals surface area contributed by atoms with Gasteiger partial charge in [-0.25, -0.2) is 33.4 Å². The molecule has 5 aromatic rings. The molecule has 0 atom stereocenters. The van der Waals surface area contributed by atoms with Gasteiger partial charge in [0.1, 0.15) is 22.3 Å². The predicted octanol–water partition coefficient (Wildman–Crippen LogP) is 4.60. The minimum atomic E-state index is -0.847. The van der Waals surface area contributed by atoms with E-state index in [-0.39, 0.29) is 40.5 Å². The summed E-state index contributed by atoms with van der Waals surface area (Å²) in [7, 11) is 4.96. The Labute approximate surface area is 276 Å². The zero-order valence-electron chi connectivity index (χ0n) is 26.0. The van der Waals surface area contributed by atoms with Crippen molar-refractivity contribution >= 4 is 44.9 Å². The maximum absolute atomic E-state index is 15.0. The molecule has 4 heterocycles. The first-order chi connectivity index (χ1) is 23.1. The molecule has 0 saturated heterocycles. The van der Waals surface area contributed by atoms with Gasteiger partial charge in [-0.05, 0) is 61.6 Å². The van der Waals surface area contributed by atoms with Crippen molar-refractivity contribution in [2.24, 2.45) is 0 Å². The van der Waals surface area contributed by atoms with E-state index in [9.17, 15) is 28.0 Å². The maximum atomic E-state index is 15.0. The van der Waals surface area contributed by atoms with Gasteiger partial charge in [0.25, 0.3) is 5.56 Å². The second-order valence-corrected chi connectivity index (χ2v) is 12.1. The highest BCUT2D eigenvalue weighted by atomic mass is 32.1. The van der Waals surface area contributed by atoms with Crippen LogP contribution < -0.4 is 26.9 Å². The van der Waals surface area contributed by atoms with E-state index in [1.807, 2.05) is 19.0 Å². The molecule has 48 heavy (non-hydrogen) atoms. The highest BCUT2D eigenvalue weighted by Gasteiger charge is 2.26. The molecule has 12 nitrogen and oxygen atoms in total. The third-order valence-corrected chi connectivity index (χ3v) is 8.88. The van der Waals surface area contributed by atoms with E-state index >= 15 is 0 Å². The molecule has 0 unspecified atom stereocenters. The Bertz CT molecular complexity index is 2170. The SMILES string of the molecule is CONC(=O)Nc1ccc(-c2sc3c(c2CN(C)C)c(=O)n(-c2ccc(N4C=CCC4=O)cn2)c(=O)n3Cc2c(F)cccc2F)cc1. The number of fused-ring (bicyclic) bond motifs is 1. The number of hydroxylamine groups is 1. The zero-order valence-corrected chi connectivity index (χ0v) is 26.8. The molecule has 2 aromatic carbocycles. The maximum Gasteiger partial charge on any atom is 0.343 e. The fourth-order valence-electron chi connectivity index (χ4n) is 5.43. The number of amides is 3. The Morgan fingerprint density at radius 2 is 1.75 bits per heavy atom. The number of anilines is 2. The van der Waals surface area contributed by atoms with Crippen molar-refractivity contribution in [3.8, 4) is 16.3 Å². The van der Waals surface area contributed by atoms with Crippen LogP contribution >= 0.6 is 11.3 Å². The summed E-state index contributed by atoms with van der Waals surface area (Å²) in [5, 5.41) is 2.81. The van der Waals surface area contributed by atoms with Crippen LogP contribution in [0.3, 0.4) is 0 Å². The van der Waals surface area contributed by atoms with Crippen LogP contribution in [-0.4, -0.2) is 52.2 Å². The minimum Gasteiger partial charge on any atom is -0.306 e. The van der Waals surface area contributed by atoms with E-state index in [1.54, 1.807) is 42.6 Å². The molecule has 3 aromatic heterocycles. The van der Waals surface area contributed by atoms with Gasteiger partial charge in [-0.1, -0.05) is 24.3 Å². The molecule has 6 rings (SSSR count). The van der Waals surface area contributed by atoms with E-state index < -0.39 is 35.5 Å². The lowest BCUT2D eigenvalue weighted by Crippen LogP contribution is -2.39. The number of aromatic nitrogens is 3. The van der Waals surface area contributed by atoms with Crippen LogP contribution in [0.25, 0.3) is 26.5 Å². The second kappa shape index (κ2) is 13.3. The van der Waals surface area contributed by atoms with Crippen LogP contribution in [0.2, 0.25) is 0 Å². The van der Waals surface area contributed by atoms with Crippen molar-refractivity contribution in [2.45, 2.75) is 19.5 Å². The lowest BCUT2D eigenvalue weighted by Gasteiger charge is -2.16. The zero-order chi connectivity index (χ0) is 34.1. The number of nitrogens with zero attached hydrogens (tertiary/aromatic N) is 5. The van der Waals surface area contributed by atoms with E-state index in [0.717, 1.165) is 28.0 Å². The quantitative estimate of drug-likeness (QED) is 0.219. The Morgan fingerprint density at radius 1 is 1.02 bits per heavy atom. The number of nitrogens with one attached hydrogen (secondary N) is 2. The second-order valence-electron chi connectivity index (χ2n) is 11.1. The lowest BCUT2D eigenvalue weighted by atomic mass is 10.1. The average molecular weight is 674 g/mol. The van der Waals surface area contributed by atoms with E-state index in [1.165, 1.54) is 34.9 Å². The molecule has 0 spiro atoms. The summed E-state index contributed by atoms with van der Waals surface area (Å²) in [4.78, 5) is 65.9. The van der Waals surface area contributed by atoms with Gasteiger partial charge in [0.2, 0.25) is 5.91 Å². The molecule has 0 radical (unpaired) electrons. The topological polar surface area (TPSA) is 131 Å². The van der Waals surface area contributed by atoms with Crippen molar-refractivity contribution in [3.63, 3.8) is 0 Å². The average Bonchev–Trinajstić information content (AvgIpc) is 3.65. The Balaban J connectivity index is 1.57. The standard InChI is InChI=1S/C33H29F2N7O5S/c1-39(2)17-23-28-30(44)42(26-14-13-21(16-36-26)40-15-5-8-27(40)43)33(46)41(18-22-24(34)6-4-7-25(22)35)31(28)48-29(23)19-9-11-20(12-10-19)37-32(45)38-47-3/h4-7,9-16H,8,17-18H2,1-3H3,(H2,37,38,45). The van der Waals surface area contributed by atoms with Gasteiger partial charge in [0, 0.05) is 35.3 Å². The van der Waals surface area contributed by atoms with Gasteiger partial charge in [-0.3, -0.25) is 23.9 Å². The summed E-state index contributed by atoms with van der Waals surface area (Å²) in [6.45, 7) is -0.221. The predicted molar refractivity (Wildman–Crippen MR) is 178 cm³/mol. The number of halogens is 2. The molecule has 3 amide bonds. The first-order valence-electron chi connectivity index (χ1n) is 14.6. The summed E-state index contributed by atoms with van der Waals surface area (Å²) in [5.74, 6) is -1.87. The van der Waals surface area contributed by atoms with Gasteiger partial charge < -0.3 is 10.2 Å². The summed E-state index contributed by atoms with van der Waals surface area (Å²) in [6, 6.07) is 12.7. The Kier molecular flexibility index (Phi) is 8.99. The monoisotopic (exact) mass is 673 g/mol. The first kappa shape index (κ1) is 32.4. The largest absolute Gasteiger partial charge is 0.343 e. The number of carbonyl (C=O) groups is 2. The van der Waals surface area contributed by atoms with Crippen LogP contribution in [0.1, 0.15) is 17.5 Å². The number of rotatable bonds is 9. The number of hydrogen-bond donors (Lipinski definition) is 2. The minimum absolute atomic E-state index is 0.0256. The van der Waals surface area contributed by atoms with Crippen molar-refractivity contribution in [3.05, 3.63) is 117 Å². The fraction of sp³-hybridized carbons (Fsp3) is 0.182. The Hall–Kier alpha value is -5.51. The van der Waals surface area contributed by atoms with Gasteiger partial charge >= 0.3 is 11.7 Å². The number of urea groups is 1. The van der Waals surface area contributed by atoms with Crippen molar-refractivity contribution in [1.29, 1.82) is 0 Å². The third kappa shape index (κ3) is 6.13. The van der Waals surface area contributed by atoms with E-state index in [0.29, 0.717) is 27.4 Å². The van der Waals surface area contributed by atoms with Gasteiger partial charge in [-0.2, -0.15) is 0 Å². The molecule has 1 aliphatic rings. The highest BCUT2D eigenvalue weighted by Crippen LogP contribution is 2.38. The molecule has 0 saturated carbocycles. The lowest BCUT2D eigenvalue weighted by molar-refractivity contribution is -0.116. The van der Waals surface area contributed by atoms with Crippen LogP contribution in [0.5, 0.6) is 0 Å². The van der Waals surface area contributed by atoms with Crippen molar-refractivity contribution in [2.75, 3.05) is 31.4 Å². The third-order valence-electron chi connectivity index (χ3n) is 7.58. The van der Waals surface area contributed by atoms with E-state index in [2.05, 4.69) is 20.6 Å². The molecular weight excluding hydrogens is 644 g/mol. The van der Waals surface area contributed by atoms with Gasteiger partial charge in [0.15, 0.2) is 0 Å². The van der Waals surface area contributed by atoms with Crippen LogP contribution in [0.4, 0.5) is 25.0 Å². The molecule has 0 aliphatic carbocycles. The number of hydrogen-bond acceptors (Lipinski definition) is 8. The van der Waals surface area contributed by atoms with E-state index in [4.69, 9.17) is 0 Å². The van der Waals surface area contributed by atoms with Crippen molar-refractivity contribution in [1.82, 2.24) is 24.5 Å². The van der Waals surface area contributed by atoms with Gasteiger partial charge in [0.05, 0.1) is 30.9 Å². The molecule has 0 fully saturated rings. The number of benzene rings is 2.